The van der Waals surface area contributed by atoms with Gasteiger partial charge >= 0.3 is 0 Å². The van der Waals surface area contributed by atoms with E-state index in [4.69, 9.17) is 5.26 Å². The van der Waals surface area contributed by atoms with Gasteiger partial charge in [0.25, 0.3) is 0 Å². The van der Waals surface area contributed by atoms with Crippen LogP contribution >= 0.6 is 0 Å². The van der Waals surface area contributed by atoms with Gasteiger partial charge in [-0.25, -0.2) is 0 Å². The Labute approximate surface area is 75.0 Å². The Bertz CT molecular complexity index is 193. The molecule has 0 spiro atoms. The minimum atomic E-state index is -0.215. The molecule has 0 radical (unpaired) electrons. The maximum Gasteiger partial charge on any atom is 0.107 e. The van der Waals surface area contributed by atoms with Gasteiger partial charge in [0.15, 0.2) is 0 Å². The average molecular weight is 166 g/mol. The van der Waals surface area contributed by atoms with Gasteiger partial charge in [0, 0.05) is 6.04 Å². The summed E-state index contributed by atoms with van der Waals surface area (Å²) in [6.45, 7) is 6.42. The van der Waals surface area contributed by atoms with Crippen molar-refractivity contribution in [2.45, 2.75) is 51.6 Å². The molecule has 1 rings (SSSR count). The molecular weight excluding hydrogens is 148 g/mol. The molecule has 0 heterocycles. The Morgan fingerprint density at radius 1 is 1.58 bits per heavy atom. The highest BCUT2D eigenvalue weighted by molar-refractivity contribution is 5.11. The van der Waals surface area contributed by atoms with Crippen LogP contribution in [0.5, 0.6) is 0 Å². The highest BCUT2D eigenvalue weighted by Gasteiger charge is 2.37. The van der Waals surface area contributed by atoms with Crippen LogP contribution < -0.4 is 5.32 Å². The van der Waals surface area contributed by atoms with Crippen LogP contribution in [0.25, 0.3) is 0 Å². The zero-order valence-corrected chi connectivity index (χ0v) is 8.22. The van der Waals surface area contributed by atoms with E-state index in [1.54, 1.807) is 0 Å². The zero-order chi connectivity index (χ0) is 9.19. The number of hydrogen-bond donors (Lipinski definition) is 1. The number of nitriles is 1. The molecule has 0 saturated heterocycles. The summed E-state index contributed by atoms with van der Waals surface area (Å²) in [5, 5.41) is 12.4. The summed E-state index contributed by atoms with van der Waals surface area (Å²) in [4.78, 5) is 0. The maximum absolute atomic E-state index is 9.07. The first kappa shape index (κ1) is 9.54. The molecule has 2 unspecified atom stereocenters. The van der Waals surface area contributed by atoms with Crippen LogP contribution in [0.1, 0.15) is 40.0 Å². The van der Waals surface area contributed by atoms with Gasteiger partial charge in [-0.05, 0) is 39.0 Å². The van der Waals surface area contributed by atoms with Crippen molar-refractivity contribution in [2.75, 3.05) is 0 Å². The van der Waals surface area contributed by atoms with Crippen LogP contribution in [-0.2, 0) is 0 Å². The lowest BCUT2D eigenvalue weighted by molar-refractivity contribution is 0.374. The molecule has 0 aromatic carbocycles. The molecule has 0 aliphatic heterocycles. The molecule has 12 heavy (non-hydrogen) atoms. The monoisotopic (exact) mass is 166 g/mol. The number of nitrogens with zero attached hydrogens (tertiary/aromatic N) is 1. The first-order valence-corrected chi connectivity index (χ1v) is 4.77. The fraction of sp³-hybridized carbons (Fsp3) is 0.900. The quantitative estimate of drug-likeness (QED) is 0.681. The lowest BCUT2D eigenvalue weighted by Gasteiger charge is -2.25. The van der Waals surface area contributed by atoms with Gasteiger partial charge < -0.3 is 0 Å². The second-order valence-corrected chi connectivity index (χ2v) is 4.34. The summed E-state index contributed by atoms with van der Waals surface area (Å²) in [6, 6.07) is 2.84. The third-order valence-electron chi connectivity index (χ3n) is 2.54. The summed E-state index contributed by atoms with van der Waals surface area (Å²) < 4.78 is 0. The molecule has 1 fully saturated rings. The summed E-state index contributed by atoms with van der Waals surface area (Å²) in [7, 11) is 0. The van der Waals surface area contributed by atoms with Gasteiger partial charge in [-0.3, -0.25) is 5.32 Å². The molecule has 0 aromatic heterocycles. The lowest BCUT2D eigenvalue weighted by Crippen LogP contribution is -2.45. The van der Waals surface area contributed by atoms with E-state index in [2.05, 4.69) is 32.2 Å². The summed E-state index contributed by atoms with van der Waals surface area (Å²) >= 11 is 0. The molecule has 2 nitrogen and oxygen atoms in total. The van der Waals surface area contributed by atoms with Crippen molar-refractivity contribution >= 4 is 0 Å². The molecule has 1 aliphatic carbocycles. The molecule has 0 amide bonds. The van der Waals surface area contributed by atoms with Crippen molar-refractivity contribution in [3.05, 3.63) is 0 Å². The van der Waals surface area contributed by atoms with E-state index >= 15 is 0 Å². The number of rotatable bonds is 2. The van der Waals surface area contributed by atoms with Crippen molar-refractivity contribution in [1.82, 2.24) is 5.32 Å². The van der Waals surface area contributed by atoms with Gasteiger partial charge in [-0.2, -0.15) is 5.26 Å². The second kappa shape index (κ2) is 3.45. The predicted octanol–water partition coefficient (Wildman–Crippen LogP) is 2.07. The van der Waals surface area contributed by atoms with Crippen LogP contribution in [0.2, 0.25) is 0 Å². The Morgan fingerprint density at radius 3 is 2.58 bits per heavy atom. The van der Waals surface area contributed by atoms with Crippen molar-refractivity contribution in [2.24, 2.45) is 5.92 Å². The van der Waals surface area contributed by atoms with Crippen LogP contribution in [0.3, 0.4) is 0 Å². The van der Waals surface area contributed by atoms with Crippen LogP contribution in [0.4, 0.5) is 0 Å². The minimum Gasteiger partial charge on any atom is -0.297 e. The standard InChI is InChI=1S/C10H18N2/c1-8(2)12-10(7-11)5-4-9(3)6-10/h8-9,12H,4-6H2,1-3H3. The summed E-state index contributed by atoms with van der Waals surface area (Å²) in [5.41, 5.74) is -0.215. The maximum atomic E-state index is 9.07. The van der Waals surface area contributed by atoms with Crippen LogP contribution in [0.15, 0.2) is 0 Å². The van der Waals surface area contributed by atoms with Crippen LogP contribution in [0, 0.1) is 17.2 Å². The highest BCUT2D eigenvalue weighted by Crippen LogP contribution is 2.33. The Balaban J connectivity index is 2.60. The number of nitrogens with one attached hydrogen (secondary N) is 1. The molecular formula is C10H18N2. The summed E-state index contributed by atoms with van der Waals surface area (Å²) in [6.07, 6.45) is 3.22. The SMILES string of the molecule is CC1CCC(C#N)(NC(C)C)C1. The molecule has 0 bridgehead atoms. The van der Waals surface area contributed by atoms with E-state index in [0.717, 1.165) is 12.8 Å². The van der Waals surface area contributed by atoms with Gasteiger partial charge in [0.05, 0.1) is 6.07 Å². The van der Waals surface area contributed by atoms with Crippen molar-refractivity contribution in [3.63, 3.8) is 0 Å². The van der Waals surface area contributed by atoms with Gasteiger partial charge in [0.2, 0.25) is 0 Å². The van der Waals surface area contributed by atoms with E-state index in [-0.39, 0.29) is 5.54 Å². The molecule has 1 saturated carbocycles. The normalized spacial score (nSPS) is 35.4. The third-order valence-corrected chi connectivity index (χ3v) is 2.54. The van der Waals surface area contributed by atoms with Crippen molar-refractivity contribution in [3.8, 4) is 6.07 Å². The molecule has 1 aliphatic rings. The fourth-order valence-corrected chi connectivity index (χ4v) is 2.11. The lowest BCUT2D eigenvalue weighted by atomic mass is 9.97. The zero-order valence-electron chi connectivity index (χ0n) is 8.22. The highest BCUT2D eigenvalue weighted by atomic mass is 15.0. The molecule has 1 N–H and O–H groups in total. The van der Waals surface area contributed by atoms with E-state index in [1.807, 2.05) is 0 Å². The molecule has 68 valence electrons. The Kier molecular flexibility index (Phi) is 2.74. The minimum absolute atomic E-state index is 0.215. The first-order valence-electron chi connectivity index (χ1n) is 4.77. The Morgan fingerprint density at radius 2 is 2.25 bits per heavy atom. The molecule has 0 aromatic rings. The smallest absolute Gasteiger partial charge is 0.107 e. The van der Waals surface area contributed by atoms with Crippen molar-refractivity contribution in [1.29, 1.82) is 5.26 Å². The van der Waals surface area contributed by atoms with Crippen molar-refractivity contribution < 1.29 is 0 Å². The van der Waals surface area contributed by atoms with Gasteiger partial charge in [0.1, 0.15) is 5.54 Å². The van der Waals surface area contributed by atoms with E-state index in [1.165, 1.54) is 6.42 Å². The average Bonchev–Trinajstić information content (AvgIpc) is 2.32. The van der Waals surface area contributed by atoms with E-state index in [9.17, 15) is 0 Å². The largest absolute Gasteiger partial charge is 0.297 e. The first-order chi connectivity index (χ1) is 5.58. The molecule has 2 heteroatoms. The van der Waals surface area contributed by atoms with Gasteiger partial charge in [-0.15, -0.1) is 0 Å². The van der Waals surface area contributed by atoms with E-state index < -0.39 is 0 Å². The Hall–Kier alpha value is -0.550. The summed E-state index contributed by atoms with van der Waals surface area (Å²) in [5.74, 6) is 0.705. The topological polar surface area (TPSA) is 35.8 Å². The van der Waals surface area contributed by atoms with E-state index in [0.29, 0.717) is 12.0 Å². The second-order valence-electron chi connectivity index (χ2n) is 4.34. The van der Waals surface area contributed by atoms with Gasteiger partial charge in [-0.1, -0.05) is 6.92 Å². The fourth-order valence-electron chi connectivity index (χ4n) is 2.11. The molecule has 2 atom stereocenters. The predicted molar refractivity (Wildman–Crippen MR) is 49.6 cm³/mol. The van der Waals surface area contributed by atoms with Crippen LogP contribution in [-0.4, -0.2) is 11.6 Å². The number of hydrogen-bond acceptors (Lipinski definition) is 2. The third kappa shape index (κ3) is 1.98.